The molecule has 2 aromatic rings. The largest absolute Gasteiger partial charge is 0.342 e. The number of Topliss-reactive ketones (excluding diaryl/α,β-unsaturated/α-hetero) is 1. The zero-order valence-electron chi connectivity index (χ0n) is 18.3. The molecule has 6 heteroatoms. The molecule has 1 heterocycles. The summed E-state index contributed by atoms with van der Waals surface area (Å²) >= 11 is 0. The Hall–Kier alpha value is -3.15. The average molecular weight is 422 g/mol. The zero-order chi connectivity index (χ0) is 22.2. The van der Waals surface area contributed by atoms with E-state index in [9.17, 15) is 14.4 Å². The minimum absolute atomic E-state index is 0.00338. The van der Waals surface area contributed by atoms with Crippen LogP contribution in [-0.2, 0) is 4.79 Å². The third-order valence-electron chi connectivity index (χ3n) is 5.67. The summed E-state index contributed by atoms with van der Waals surface area (Å²) in [6.45, 7) is 5.82. The number of urea groups is 1. The molecule has 0 saturated carbocycles. The third-order valence-corrected chi connectivity index (χ3v) is 5.67. The molecule has 1 atom stereocenters. The lowest BCUT2D eigenvalue weighted by atomic mass is 9.97. The van der Waals surface area contributed by atoms with Gasteiger partial charge in [0.05, 0.1) is 0 Å². The Morgan fingerprint density at radius 1 is 0.935 bits per heavy atom. The van der Waals surface area contributed by atoms with Crippen LogP contribution in [0.15, 0.2) is 48.5 Å². The number of rotatable bonds is 7. The van der Waals surface area contributed by atoms with Crippen molar-refractivity contribution < 1.29 is 14.4 Å². The Bertz CT molecular complexity index is 907. The summed E-state index contributed by atoms with van der Waals surface area (Å²) < 4.78 is 0. The van der Waals surface area contributed by atoms with E-state index < -0.39 is 0 Å². The number of anilines is 1. The molecule has 3 amide bonds. The number of hydrogen-bond donors (Lipinski definition) is 2. The summed E-state index contributed by atoms with van der Waals surface area (Å²) in [4.78, 5) is 38.9. The lowest BCUT2D eigenvalue weighted by Crippen LogP contribution is -2.44. The number of hydrogen-bond acceptors (Lipinski definition) is 3. The fraction of sp³-hybridized carbons (Fsp3) is 0.400. The molecule has 1 saturated heterocycles. The van der Waals surface area contributed by atoms with Crippen LogP contribution in [0.3, 0.4) is 0 Å². The topological polar surface area (TPSA) is 78.5 Å². The second-order valence-electron chi connectivity index (χ2n) is 8.34. The van der Waals surface area contributed by atoms with Crippen LogP contribution in [0.2, 0.25) is 0 Å². The van der Waals surface area contributed by atoms with Gasteiger partial charge in [-0.3, -0.25) is 9.59 Å². The van der Waals surface area contributed by atoms with Gasteiger partial charge < -0.3 is 15.5 Å². The lowest BCUT2D eigenvalue weighted by Gasteiger charge is -2.33. The summed E-state index contributed by atoms with van der Waals surface area (Å²) in [6, 6.07) is 14.8. The van der Waals surface area contributed by atoms with Crippen LogP contribution < -0.4 is 10.6 Å². The Morgan fingerprint density at radius 3 is 2.26 bits per heavy atom. The highest BCUT2D eigenvalue weighted by Crippen LogP contribution is 2.18. The van der Waals surface area contributed by atoms with Gasteiger partial charge in [-0.25, -0.2) is 4.79 Å². The SMILES string of the molecule is Cc1ccc(NC(=O)NCC2CCCN(C(=O)CCC(=O)c3ccc(C)cc3)C2)cc1. The van der Waals surface area contributed by atoms with Gasteiger partial charge in [0.2, 0.25) is 5.91 Å². The van der Waals surface area contributed by atoms with Crippen LogP contribution in [0.25, 0.3) is 0 Å². The maximum absolute atomic E-state index is 12.6. The molecule has 3 rings (SSSR count). The van der Waals surface area contributed by atoms with Gasteiger partial charge in [-0.15, -0.1) is 0 Å². The van der Waals surface area contributed by atoms with Gasteiger partial charge in [0, 0.05) is 43.7 Å². The van der Waals surface area contributed by atoms with Gasteiger partial charge in [-0.2, -0.15) is 0 Å². The van der Waals surface area contributed by atoms with Crippen molar-refractivity contribution in [2.45, 2.75) is 39.5 Å². The van der Waals surface area contributed by atoms with Gasteiger partial charge in [-0.05, 0) is 44.7 Å². The number of carbonyl (C=O) groups excluding carboxylic acids is 3. The second-order valence-corrected chi connectivity index (χ2v) is 8.34. The smallest absolute Gasteiger partial charge is 0.319 e. The van der Waals surface area contributed by atoms with Gasteiger partial charge in [0.15, 0.2) is 5.78 Å². The molecule has 1 aliphatic rings. The van der Waals surface area contributed by atoms with Gasteiger partial charge in [0.25, 0.3) is 0 Å². The maximum Gasteiger partial charge on any atom is 0.319 e. The van der Waals surface area contributed by atoms with E-state index in [1.807, 2.05) is 67.3 Å². The van der Waals surface area contributed by atoms with Crippen molar-refractivity contribution >= 4 is 23.4 Å². The van der Waals surface area contributed by atoms with Crippen LogP contribution in [0.4, 0.5) is 10.5 Å². The number of nitrogens with zero attached hydrogens (tertiary/aromatic N) is 1. The minimum Gasteiger partial charge on any atom is -0.342 e. The van der Waals surface area contributed by atoms with Crippen LogP contribution in [0.1, 0.15) is 47.2 Å². The van der Waals surface area contributed by atoms with Gasteiger partial charge >= 0.3 is 6.03 Å². The molecule has 0 spiro atoms. The predicted octanol–water partition coefficient (Wildman–Crippen LogP) is 4.33. The monoisotopic (exact) mass is 421 g/mol. The minimum atomic E-state index is -0.240. The third kappa shape index (κ3) is 6.95. The summed E-state index contributed by atoms with van der Waals surface area (Å²) in [5.74, 6) is 0.222. The van der Waals surface area contributed by atoms with E-state index in [0.717, 1.165) is 29.7 Å². The summed E-state index contributed by atoms with van der Waals surface area (Å²) in [7, 11) is 0. The first-order chi connectivity index (χ1) is 14.9. The number of ketones is 1. The van der Waals surface area contributed by atoms with Crippen molar-refractivity contribution in [1.29, 1.82) is 0 Å². The van der Waals surface area contributed by atoms with Crippen molar-refractivity contribution in [2.75, 3.05) is 25.0 Å². The summed E-state index contributed by atoms with van der Waals surface area (Å²) in [5, 5.41) is 5.74. The van der Waals surface area contributed by atoms with E-state index in [-0.39, 0.29) is 36.5 Å². The van der Waals surface area contributed by atoms with E-state index in [2.05, 4.69) is 10.6 Å². The van der Waals surface area contributed by atoms with Crippen LogP contribution in [0.5, 0.6) is 0 Å². The molecular formula is C25H31N3O3. The Balaban J connectivity index is 1.41. The van der Waals surface area contributed by atoms with Crippen LogP contribution >= 0.6 is 0 Å². The molecule has 31 heavy (non-hydrogen) atoms. The first-order valence-corrected chi connectivity index (χ1v) is 10.9. The molecule has 0 aliphatic carbocycles. The van der Waals surface area contributed by atoms with Crippen molar-refractivity contribution in [3.8, 4) is 0 Å². The highest BCUT2D eigenvalue weighted by atomic mass is 16.2. The van der Waals surface area contributed by atoms with E-state index >= 15 is 0 Å². The molecule has 2 aromatic carbocycles. The average Bonchev–Trinajstić information content (AvgIpc) is 2.78. The van der Waals surface area contributed by atoms with Crippen molar-refractivity contribution in [3.05, 3.63) is 65.2 Å². The number of benzene rings is 2. The van der Waals surface area contributed by atoms with Crippen molar-refractivity contribution in [1.82, 2.24) is 10.2 Å². The fourth-order valence-electron chi connectivity index (χ4n) is 3.77. The molecule has 0 radical (unpaired) electrons. The lowest BCUT2D eigenvalue weighted by molar-refractivity contribution is -0.132. The summed E-state index contributed by atoms with van der Waals surface area (Å²) in [6.07, 6.45) is 2.32. The molecular weight excluding hydrogens is 390 g/mol. The first kappa shape index (κ1) is 22.5. The van der Waals surface area contributed by atoms with Gasteiger partial charge in [-0.1, -0.05) is 47.5 Å². The number of amides is 3. The van der Waals surface area contributed by atoms with E-state index in [1.165, 1.54) is 0 Å². The number of carbonyl (C=O) groups is 3. The molecule has 2 N–H and O–H groups in total. The standard InChI is InChI=1S/C25H31N3O3/c1-18-5-9-21(10-6-18)23(29)13-14-24(30)28-15-3-4-20(17-28)16-26-25(31)27-22-11-7-19(2)8-12-22/h5-12,20H,3-4,13-17H2,1-2H3,(H2,26,27,31). The molecule has 1 unspecified atom stereocenters. The number of nitrogens with one attached hydrogen (secondary N) is 2. The Labute approximate surface area is 184 Å². The fourth-order valence-corrected chi connectivity index (χ4v) is 3.77. The molecule has 0 aromatic heterocycles. The molecule has 6 nitrogen and oxygen atoms in total. The quantitative estimate of drug-likeness (QED) is 0.653. The van der Waals surface area contributed by atoms with Crippen LogP contribution in [0, 0.1) is 19.8 Å². The summed E-state index contributed by atoms with van der Waals surface area (Å²) in [5.41, 5.74) is 3.65. The Morgan fingerprint density at radius 2 is 1.58 bits per heavy atom. The maximum atomic E-state index is 12.6. The highest BCUT2D eigenvalue weighted by molar-refractivity contribution is 5.98. The number of aryl methyl sites for hydroxylation is 2. The van der Waals surface area contributed by atoms with Crippen molar-refractivity contribution in [2.24, 2.45) is 5.92 Å². The molecule has 1 aliphatic heterocycles. The van der Waals surface area contributed by atoms with Crippen LogP contribution in [-0.4, -0.2) is 42.3 Å². The van der Waals surface area contributed by atoms with E-state index in [4.69, 9.17) is 0 Å². The normalized spacial score (nSPS) is 15.9. The van der Waals surface area contributed by atoms with E-state index in [0.29, 0.717) is 25.2 Å². The van der Waals surface area contributed by atoms with E-state index in [1.54, 1.807) is 0 Å². The van der Waals surface area contributed by atoms with Crippen molar-refractivity contribution in [3.63, 3.8) is 0 Å². The number of piperidine rings is 1. The highest BCUT2D eigenvalue weighted by Gasteiger charge is 2.24. The predicted molar refractivity (Wildman–Crippen MR) is 122 cm³/mol. The zero-order valence-corrected chi connectivity index (χ0v) is 18.3. The first-order valence-electron chi connectivity index (χ1n) is 10.9. The Kier molecular flexibility index (Phi) is 7.82. The van der Waals surface area contributed by atoms with Gasteiger partial charge in [0.1, 0.15) is 0 Å². The molecule has 0 bridgehead atoms. The number of likely N-dealkylation sites (tertiary alicyclic amines) is 1. The second kappa shape index (κ2) is 10.8. The molecule has 1 fully saturated rings. The molecule has 164 valence electrons.